The summed E-state index contributed by atoms with van der Waals surface area (Å²) in [4.78, 5) is -0.223. The first kappa shape index (κ1) is 41.1. The maximum atomic E-state index is 12.3. The predicted molar refractivity (Wildman–Crippen MR) is 204 cm³/mol. The van der Waals surface area contributed by atoms with Gasteiger partial charge in [-0.1, -0.05) is 41.5 Å². The number of benzene rings is 4. The predicted octanol–water partition coefficient (Wildman–Crippen LogP) is 7.58. The Balaban J connectivity index is 0.000000188. The van der Waals surface area contributed by atoms with E-state index >= 15 is 0 Å². The quantitative estimate of drug-likeness (QED) is 0.110. The van der Waals surface area contributed by atoms with Crippen LogP contribution in [0.2, 0.25) is 0 Å². The van der Waals surface area contributed by atoms with E-state index in [4.69, 9.17) is 18.0 Å². The molecule has 7 aromatic rings. The highest BCUT2D eigenvalue weighted by Crippen LogP contribution is 2.35. The summed E-state index contributed by atoms with van der Waals surface area (Å²) in [5.74, 6) is 1.99. The SMILES string of the molecule is COS(=O)(=O)c1cc(C)ccc1Oc1ccc(-c2nnc(C)o2)cc1CS(=O)(=O)O.Cc1ccc(-c2nnc(C)o2)cc1.Cc1cccc(-c2nnc(C)o2)c1. The molecule has 0 aliphatic carbocycles. The average Bonchev–Trinajstić information content (AvgIpc) is 3.91. The topological polar surface area (TPSA) is 224 Å². The van der Waals surface area contributed by atoms with Crippen LogP contribution in [0.4, 0.5) is 0 Å². The first-order chi connectivity index (χ1) is 26.5. The molecule has 0 unspecified atom stereocenters. The molecule has 7 rings (SSSR count). The van der Waals surface area contributed by atoms with Crippen molar-refractivity contribution in [3.05, 3.63) is 125 Å². The molecule has 0 spiro atoms. The fraction of sp³-hybridized carbons (Fsp3) is 0.211. The summed E-state index contributed by atoms with van der Waals surface area (Å²) in [6.07, 6.45) is 0. The molecule has 3 aromatic heterocycles. The molecule has 0 aliphatic rings. The Bertz CT molecular complexity index is 2650. The van der Waals surface area contributed by atoms with Crippen molar-refractivity contribution in [1.82, 2.24) is 30.6 Å². The lowest BCUT2D eigenvalue weighted by Gasteiger charge is -2.14. The number of hydrogen-bond acceptors (Lipinski definition) is 15. The molecule has 18 heteroatoms. The van der Waals surface area contributed by atoms with Gasteiger partial charge in [-0.25, -0.2) is 0 Å². The number of hydrogen-bond donors (Lipinski definition) is 1. The van der Waals surface area contributed by atoms with Gasteiger partial charge in [-0.2, -0.15) is 16.8 Å². The molecule has 0 amide bonds. The molecule has 0 bridgehead atoms. The largest absolute Gasteiger partial charge is 0.456 e. The standard InChI is InChI=1S/C18H18N2O8S2.2C10H10N2O/c1-11-4-6-16(17(8-11)30(24,25)26-3)28-15-7-5-13(18-20-19-12(2)27-18)9-14(15)10-29(21,22)23;1-7-3-5-9(6-4-7)10-12-11-8(2)13-10;1-7-4-3-5-9(6-7)10-12-11-8(2)13-10/h4-9H,10H2,1-3H3,(H,21,22,23);2*3-6H,1-2H3. The van der Waals surface area contributed by atoms with Crippen molar-refractivity contribution in [2.24, 2.45) is 0 Å². The van der Waals surface area contributed by atoms with Gasteiger partial charge in [0.05, 0.1) is 7.11 Å². The summed E-state index contributed by atoms with van der Waals surface area (Å²) in [5.41, 5.74) is 5.46. The van der Waals surface area contributed by atoms with E-state index in [0.717, 1.165) is 18.2 Å². The highest BCUT2D eigenvalue weighted by molar-refractivity contribution is 7.86. The van der Waals surface area contributed by atoms with E-state index in [9.17, 15) is 21.4 Å². The second-order valence-electron chi connectivity index (χ2n) is 12.3. The van der Waals surface area contributed by atoms with Crippen molar-refractivity contribution in [2.75, 3.05) is 7.11 Å². The molecule has 4 aromatic carbocycles. The molecular weight excluding hydrogens is 765 g/mol. The van der Waals surface area contributed by atoms with Gasteiger partial charge in [0.25, 0.3) is 20.2 Å². The second-order valence-corrected chi connectivity index (χ2v) is 15.5. The maximum absolute atomic E-state index is 12.3. The molecule has 3 heterocycles. The van der Waals surface area contributed by atoms with Crippen molar-refractivity contribution < 1.29 is 43.6 Å². The van der Waals surface area contributed by atoms with Gasteiger partial charge in [0.1, 0.15) is 22.1 Å². The molecule has 0 saturated carbocycles. The third-order valence-electron chi connectivity index (χ3n) is 7.59. The van der Waals surface area contributed by atoms with E-state index in [1.807, 2.05) is 62.4 Å². The van der Waals surface area contributed by atoms with Crippen LogP contribution in [0.5, 0.6) is 11.5 Å². The van der Waals surface area contributed by atoms with Crippen molar-refractivity contribution >= 4 is 20.2 Å². The summed E-state index contributed by atoms with van der Waals surface area (Å²) in [7, 11) is -7.50. The Morgan fingerprint density at radius 1 is 0.554 bits per heavy atom. The van der Waals surface area contributed by atoms with Crippen LogP contribution < -0.4 is 4.74 Å². The molecule has 0 atom stereocenters. The third kappa shape index (κ3) is 11.2. The highest BCUT2D eigenvalue weighted by Gasteiger charge is 2.22. The number of ether oxygens (including phenoxy) is 1. The molecule has 0 aliphatic heterocycles. The second kappa shape index (κ2) is 17.6. The minimum absolute atomic E-state index is 0.0176. The van der Waals surface area contributed by atoms with E-state index in [-0.39, 0.29) is 27.8 Å². The lowest BCUT2D eigenvalue weighted by Crippen LogP contribution is -2.07. The van der Waals surface area contributed by atoms with Crippen LogP contribution in [0.3, 0.4) is 0 Å². The molecule has 292 valence electrons. The van der Waals surface area contributed by atoms with Gasteiger partial charge in [-0.3, -0.25) is 8.74 Å². The monoisotopic (exact) mass is 802 g/mol. The van der Waals surface area contributed by atoms with E-state index in [2.05, 4.69) is 34.8 Å². The fourth-order valence-corrected chi connectivity index (χ4v) is 6.42. The van der Waals surface area contributed by atoms with E-state index in [0.29, 0.717) is 40.6 Å². The van der Waals surface area contributed by atoms with Gasteiger partial charge in [0.2, 0.25) is 35.3 Å². The van der Waals surface area contributed by atoms with Crippen molar-refractivity contribution in [3.63, 3.8) is 0 Å². The Morgan fingerprint density at radius 3 is 1.54 bits per heavy atom. The Morgan fingerprint density at radius 2 is 1.04 bits per heavy atom. The Labute approximate surface area is 323 Å². The number of rotatable bonds is 9. The summed E-state index contributed by atoms with van der Waals surface area (Å²) >= 11 is 0. The zero-order valence-electron chi connectivity index (χ0n) is 31.4. The molecule has 1 N–H and O–H groups in total. The molecule has 0 saturated heterocycles. The summed E-state index contributed by atoms with van der Waals surface area (Å²) < 4.78 is 83.1. The lowest BCUT2D eigenvalue weighted by atomic mass is 10.1. The van der Waals surface area contributed by atoms with Crippen molar-refractivity contribution in [1.29, 1.82) is 0 Å². The number of aryl methyl sites for hydroxylation is 6. The highest BCUT2D eigenvalue weighted by atomic mass is 32.2. The van der Waals surface area contributed by atoms with Gasteiger partial charge in [-0.05, 0) is 80.9 Å². The minimum Gasteiger partial charge on any atom is -0.456 e. The normalized spacial score (nSPS) is 11.3. The minimum atomic E-state index is -4.43. The van der Waals surface area contributed by atoms with Crippen LogP contribution >= 0.6 is 0 Å². The average molecular weight is 803 g/mol. The number of nitrogens with zero attached hydrogens (tertiary/aromatic N) is 6. The van der Waals surface area contributed by atoms with E-state index in [1.54, 1.807) is 33.8 Å². The van der Waals surface area contributed by atoms with Gasteiger partial charge in [0.15, 0.2) is 0 Å². The van der Waals surface area contributed by atoms with Crippen LogP contribution in [0.25, 0.3) is 34.4 Å². The zero-order chi connectivity index (χ0) is 40.6. The first-order valence-corrected chi connectivity index (χ1v) is 19.7. The van der Waals surface area contributed by atoms with E-state index < -0.39 is 26.0 Å². The third-order valence-corrected chi connectivity index (χ3v) is 9.57. The molecule has 56 heavy (non-hydrogen) atoms. The summed E-state index contributed by atoms with van der Waals surface area (Å²) in [6, 6.07) is 24.8. The lowest BCUT2D eigenvalue weighted by molar-refractivity contribution is 0.390. The van der Waals surface area contributed by atoms with Gasteiger partial charge in [-0.15, -0.1) is 30.6 Å². The van der Waals surface area contributed by atoms with Gasteiger partial charge < -0.3 is 18.0 Å². The van der Waals surface area contributed by atoms with Crippen molar-refractivity contribution in [3.8, 4) is 45.9 Å². The summed E-state index contributed by atoms with van der Waals surface area (Å²) in [6.45, 7) is 10.9. The molecular formula is C38H38N6O10S2. The molecule has 0 fully saturated rings. The Hall–Kier alpha value is -6.08. The van der Waals surface area contributed by atoms with Crippen LogP contribution in [0.15, 0.2) is 103 Å². The smallest absolute Gasteiger partial charge is 0.300 e. The zero-order valence-corrected chi connectivity index (χ0v) is 33.0. The van der Waals surface area contributed by atoms with Gasteiger partial charge in [0, 0.05) is 43.0 Å². The van der Waals surface area contributed by atoms with Crippen LogP contribution in [0, 0.1) is 41.5 Å². The van der Waals surface area contributed by atoms with Crippen molar-refractivity contribution in [2.45, 2.75) is 52.2 Å². The number of aromatic nitrogens is 6. The maximum Gasteiger partial charge on any atom is 0.300 e. The van der Waals surface area contributed by atoms with E-state index in [1.165, 1.54) is 41.5 Å². The van der Waals surface area contributed by atoms with Crippen LogP contribution in [-0.2, 0) is 30.2 Å². The van der Waals surface area contributed by atoms with Gasteiger partial charge >= 0.3 is 0 Å². The summed E-state index contributed by atoms with van der Waals surface area (Å²) in [5, 5.41) is 23.0. The molecule has 0 radical (unpaired) electrons. The molecule has 16 nitrogen and oxygen atoms in total. The Kier molecular flexibility index (Phi) is 12.9. The van der Waals surface area contributed by atoms with Crippen LogP contribution in [-0.4, -0.2) is 59.1 Å². The van der Waals surface area contributed by atoms with Crippen LogP contribution in [0.1, 0.15) is 39.9 Å². The first-order valence-electron chi connectivity index (χ1n) is 16.7. The fourth-order valence-electron chi connectivity index (χ4n) is 4.94.